The Labute approximate surface area is 90.9 Å². The molecular formula is C9H18O5S. The molecule has 1 unspecified atom stereocenters. The molecule has 0 amide bonds. The normalized spacial score (nSPS) is 13.9. The first-order valence-electron chi connectivity index (χ1n) is 4.85. The van der Waals surface area contributed by atoms with Crippen molar-refractivity contribution in [2.45, 2.75) is 45.5 Å². The third-order valence-electron chi connectivity index (χ3n) is 1.78. The first kappa shape index (κ1) is 14.4. The van der Waals surface area contributed by atoms with Crippen LogP contribution in [-0.2, 0) is 23.8 Å². The lowest BCUT2D eigenvalue weighted by Crippen LogP contribution is -2.26. The molecule has 0 saturated carbocycles. The van der Waals surface area contributed by atoms with Gasteiger partial charge in [-0.05, 0) is 20.3 Å². The highest BCUT2D eigenvalue weighted by Crippen LogP contribution is 2.06. The Balaban J connectivity index is 4.18. The van der Waals surface area contributed by atoms with Gasteiger partial charge in [-0.2, -0.15) is 8.42 Å². The predicted molar refractivity (Wildman–Crippen MR) is 55.9 cm³/mol. The van der Waals surface area contributed by atoms with Crippen molar-refractivity contribution < 1.29 is 22.1 Å². The summed E-state index contributed by atoms with van der Waals surface area (Å²) in [6.45, 7) is 6.01. The van der Waals surface area contributed by atoms with Crippen LogP contribution in [0.4, 0.5) is 0 Å². The minimum atomic E-state index is -3.53. The maximum Gasteiger partial charge on any atom is 0.302 e. The van der Waals surface area contributed by atoms with Gasteiger partial charge in [-0.15, -0.1) is 0 Å². The zero-order valence-corrected chi connectivity index (χ0v) is 10.3. The number of ether oxygens (including phenoxy) is 1. The van der Waals surface area contributed by atoms with E-state index < -0.39 is 27.4 Å². The molecule has 0 heterocycles. The maximum atomic E-state index is 11.3. The van der Waals surface area contributed by atoms with E-state index in [1.54, 1.807) is 6.92 Å². The molecule has 0 aliphatic carbocycles. The van der Waals surface area contributed by atoms with E-state index in [9.17, 15) is 13.2 Å². The minimum Gasteiger partial charge on any atom is -0.460 e. The second kappa shape index (κ2) is 6.07. The highest BCUT2D eigenvalue weighted by Gasteiger charge is 2.20. The van der Waals surface area contributed by atoms with Gasteiger partial charge < -0.3 is 4.74 Å². The van der Waals surface area contributed by atoms with E-state index in [0.717, 1.165) is 0 Å². The van der Waals surface area contributed by atoms with Gasteiger partial charge in [0, 0.05) is 6.92 Å². The SMILES string of the molecule is CCC(COS(=O)(=O)C(C)C)OC(C)=O. The molecule has 90 valence electrons. The molecule has 0 rings (SSSR count). The van der Waals surface area contributed by atoms with E-state index in [0.29, 0.717) is 6.42 Å². The fraction of sp³-hybridized carbons (Fsp3) is 0.889. The van der Waals surface area contributed by atoms with E-state index >= 15 is 0 Å². The summed E-state index contributed by atoms with van der Waals surface area (Å²) < 4.78 is 32.1. The van der Waals surface area contributed by atoms with Crippen LogP contribution in [0, 0.1) is 0 Å². The minimum absolute atomic E-state index is 0.114. The maximum absolute atomic E-state index is 11.3. The number of hydrogen-bond donors (Lipinski definition) is 0. The molecule has 0 bridgehead atoms. The Bertz CT molecular complexity index is 294. The quantitative estimate of drug-likeness (QED) is 0.511. The smallest absolute Gasteiger partial charge is 0.302 e. The van der Waals surface area contributed by atoms with Gasteiger partial charge in [0.05, 0.1) is 5.25 Å². The Morgan fingerprint density at radius 2 is 1.87 bits per heavy atom. The number of rotatable bonds is 6. The van der Waals surface area contributed by atoms with Crippen molar-refractivity contribution in [1.29, 1.82) is 0 Å². The topological polar surface area (TPSA) is 69.7 Å². The number of esters is 1. The van der Waals surface area contributed by atoms with Gasteiger partial charge >= 0.3 is 5.97 Å². The molecule has 0 fully saturated rings. The van der Waals surface area contributed by atoms with E-state index in [2.05, 4.69) is 0 Å². The van der Waals surface area contributed by atoms with Crippen LogP contribution in [-0.4, -0.2) is 32.3 Å². The molecule has 0 aromatic heterocycles. The molecule has 6 heteroatoms. The average Bonchev–Trinajstić information content (AvgIpc) is 2.11. The predicted octanol–water partition coefficient (Wildman–Crippen LogP) is 1.08. The van der Waals surface area contributed by atoms with Gasteiger partial charge in [-0.25, -0.2) is 0 Å². The van der Waals surface area contributed by atoms with Crippen LogP contribution in [0.1, 0.15) is 34.1 Å². The van der Waals surface area contributed by atoms with E-state index in [-0.39, 0.29) is 6.61 Å². The molecule has 0 aliphatic heterocycles. The van der Waals surface area contributed by atoms with Gasteiger partial charge in [0.15, 0.2) is 0 Å². The zero-order chi connectivity index (χ0) is 12.1. The first-order valence-corrected chi connectivity index (χ1v) is 6.32. The van der Waals surface area contributed by atoms with Gasteiger partial charge in [0.1, 0.15) is 12.7 Å². The molecule has 0 aromatic carbocycles. The second-order valence-electron chi connectivity index (χ2n) is 3.47. The largest absolute Gasteiger partial charge is 0.460 e. The van der Waals surface area contributed by atoms with Crippen LogP contribution in [0.15, 0.2) is 0 Å². The lowest BCUT2D eigenvalue weighted by molar-refractivity contribution is -0.147. The van der Waals surface area contributed by atoms with Crippen molar-refractivity contribution in [2.75, 3.05) is 6.61 Å². The van der Waals surface area contributed by atoms with Gasteiger partial charge in [-0.1, -0.05) is 6.92 Å². The van der Waals surface area contributed by atoms with E-state index in [4.69, 9.17) is 8.92 Å². The number of carbonyl (C=O) groups is 1. The molecular weight excluding hydrogens is 220 g/mol. The summed E-state index contributed by atoms with van der Waals surface area (Å²) >= 11 is 0. The third-order valence-corrected chi connectivity index (χ3v) is 3.40. The Morgan fingerprint density at radius 1 is 1.33 bits per heavy atom. The van der Waals surface area contributed by atoms with Crippen molar-refractivity contribution in [3.63, 3.8) is 0 Å². The zero-order valence-electron chi connectivity index (χ0n) is 9.52. The Hall–Kier alpha value is -0.620. The summed E-state index contributed by atoms with van der Waals surface area (Å²) in [5.74, 6) is -0.438. The summed E-state index contributed by atoms with van der Waals surface area (Å²) in [5.41, 5.74) is 0. The van der Waals surface area contributed by atoms with Crippen LogP contribution in [0.25, 0.3) is 0 Å². The van der Waals surface area contributed by atoms with Crippen LogP contribution in [0.2, 0.25) is 0 Å². The van der Waals surface area contributed by atoms with Crippen molar-refractivity contribution in [3.05, 3.63) is 0 Å². The van der Waals surface area contributed by atoms with Crippen molar-refractivity contribution in [2.24, 2.45) is 0 Å². The third kappa shape index (κ3) is 5.74. The highest BCUT2D eigenvalue weighted by molar-refractivity contribution is 7.87. The summed E-state index contributed by atoms with van der Waals surface area (Å²) in [6.07, 6.45) is 0.0173. The lowest BCUT2D eigenvalue weighted by Gasteiger charge is -2.15. The van der Waals surface area contributed by atoms with Gasteiger partial charge in [0.25, 0.3) is 10.1 Å². The molecule has 5 nitrogen and oxygen atoms in total. The Kier molecular flexibility index (Phi) is 5.82. The summed E-state index contributed by atoms with van der Waals surface area (Å²) in [5, 5.41) is -0.590. The van der Waals surface area contributed by atoms with E-state index in [1.165, 1.54) is 20.8 Å². The fourth-order valence-electron chi connectivity index (χ4n) is 0.777. The summed E-state index contributed by atoms with van der Waals surface area (Å²) in [6, 6.07) is 0. The molecule has 0 spiro atoms. The van der Waals surface area contributed by atoms with Crippen molar-refractivity contribution in [1.82, 2.24) is 0 Å². The van der Waals surface area contributed by atoms with Gasteiger partial charge in [0.2, 0.25) is 0 Å². The first-order chi connectivity index (χ1) is 6.79. The second-order valence-corrected chi connectivity index (χ2v) is 5.63. The highest BCUT2D eigenvalue weighted by atomic mass is 32.2. The number of hydrogen-bond acceptors (Lipinski definition) is 5. The number of carbonyl (C=O) groups excluding carboxylic acids is 1. The lowest BCUT2D eigenvalue weighted by atomic mass is 10.3. The summed E-state index contributed by atoms with van der Waals surface area (Å²) in [4.78, 5) is 10.6. The molecule has 0 radical (unpaired) electrons. The van der Waals surface area contributed by atoms with Crippen molar-refractivity contribution in [3.8, 4) is 0 Å². The molecule has 0 saturated heterocycles. The van der Waals surface area contributed by atoms with Crippen LogP contribution in [0.5, 0.6) is 0 Å². The molecule has 0 N–H and O–H groups in total. The fourth-order valence-corrected chi connectivity index (χ4v) is 1.39. The summed E-state index contributed by atoms with van der Waals surface area (Å²) in [7, 11) is -3.53. The average molecular weight is 238 g/mol. The molecule has 1 atom stereocenters. The van der Waals surface area contributed by atoms with Gasteiger partial charge in [-0.3, -0.25) is 8.98 Å². The standard InChI is InChI=1S/C9H18O5S/c1-5-9(14-8(4)10)6-13-15(11,12)7(2)3/h7,9H,5-6H2,1-4H3. The van der Waals surface area contributed by atoms with Crippen molar-refractivity contribution >= 4 is 16.1 Å². The van der Waals surface area contributed by atoms with E-state index in [1.807, 2.05) is 0 Å². The monoisotopic (exact) mass is 238 g/mol. The van der Waals surface area contributed by atoms with Crippen LogP contribution in [0.3, 0.4) is 0 Å². The van der Waals surface area contributed by atoms with Crippen LogP contribution < -0.4 is 0 Å². The molecule has 0 aromatic rings. The van der Waals surface area contributed by atoms with Crippen LogP contribution >= 0.6 is 0 Å². The molecule has 15 heavy (non-hydrogen) atoms. The molecule has 0 aliphatic rings. The Morgan fingerprint density at radius 3 is 2.20 bits per heavy atom.